The molecule has 3 aromatic carbocycles. The van der Waals surface area contributed by atoms with Crippen LogP contribution in [0.5, 0.6) is 11.5 Å². The number of rotatable bonds is 7. The van der Waals surface area contributed by atoms with Crippen LogP contribution in [-0.4, -0.2) is 17.7 Å². The fraction of sp³-hybridized carbons (Fsp3) is 0.107. The van der Waals surface area contributed by atoms with E-state index in [1.807, 2.05) is 19.1 Å². The van der Waals surface area contributed by atoms with Crippen LogP contribution in [0.1, 0.15) is 35.3 Å². The molecular weight excluding hydrogens is 416 g/mol. The zero-order valence-electron chi connectivity index (χ0n) is 18.8. The highest BCUT2D eigenvalue weighted by molar-refractivity contribution is 6.09. The number of ether oxygens (including phenoxy) is 2. The first kappa shape index (κ1) is 23.4. The van der Waals surface area contributed by atoms with Crippen LogP contribution in [0.25, 0.3) is 11.1 Å². The number of benzene rings is 3. The van der Waals surface area contributed by atoms with Gasteiger partial charge in [0.25, 0.3) is 0 Å². The number of hydrogen-bond donors (Lipinski definition) is 0. The van der Waals surface area contributed by atoms with Crippen molar-refractivity contribution in [2.24, 2.45) is 0 Å². The molecule has 0 heterocycles. The van der Waals surface area contributed by atoms with Crippen molar-refractivity contribution in [3.8, 4) is 22.6 Å². The minimum Gasteiger partial charge on any atom is -0.423 e. The highest BCUT2D eigenvalue weighted by Crippen LogP contribution is 2.33. The van der Waals surface area contributed by atoms with Crippen LogP contribution in [0.4, 0.5) is 0 Å². The molecular formula is C28H24O5. The lowest BCUT2D eigenvalue weighted by atomic mass is 9.97. The van der Waals surface area contributed by atoms with Crippen molar-refractivity contribution in [1.82, 2.24) is 0 Å². The Morgan fingerprint density at radius 1 is 0.697 bits per heavy atom. The Balaban J connectivity index is 1.98. The second-order valence-electron chi connectivity index (χ2n) is 7.77. The van der Waals surface area contributed by atoms with E-state index in [2.05, 4.69) is 13.2 Å². The smallest absolute Gasteiger partial charge is 0.338 e. The molecule has 0 N–H and O–H groups in total. The molecule has 166 valence electrons. The van der Waals surface area contributed by atoms with E-state index in [4.69, 9.17) is 9.47 Å². The molecule has 0 spiro atoms. The number of hydrogen-bond acceptors (Lipinski definition) is 5. The zero-order valence-corrected chi connectivity index (χ0v) is 18.8. The molecule has 0 aliphatic rings. The predicted octanol–water partition coefficient (Wildman–Crippen LogP) is 5.86. The Morgan fingerprint density at radius 2 is 1.24 bits per heavy atom. The third-order valence-electron chi connectivity index (χ3n) is 4.83. The van der Waals surface area contributed by atoms with E-state index >= 15 is 0 Å². The fourth-order valence-corrected chi connectivity index (χ4v) is 2.94. The average Bonchev–Trinajstić information content (AvgIpc) is 2.79. The van der Waals surface area contributed by atoms with Gasteiger partial charge >= 0.3 is 11.9 Å². The van der Waals surface area contributed by atoms with Crippen molar-refractivity contribution in [3.63, 3.8) is 0 Å². The van der Waals surface area contributed by atoms with Gasteiger partial charge in [0.2, 0.25) is 0 Å². The van der Waals surface area contributed by atoms with Gasteiger partial charge in [-0.05, 0) is 50.6 Å². The van der Waals surface area contributed by atoms with E-state index in [0.717, 1.165) is 5.56 Å². The lowest BCUT2D eigenvalue weighted by molar-refractivity contribution is -0.130. The maximum atomic E-state index is 13.0. The van der Waals surface area contributed by atoms with Crippen molar-refractivity contribution in [2.75, 3.05) is 0 Å². The first-order valence-electron chi connectivity index (χ1n) is 10.3. The Labute approximate surface area is 193 Å². The lowest BCUT2D eigenvalue weighted by Gasteiger charge is -2.13. The standard InChI is InChI=1S/C28H24O5/c1-17(2)27(30)32-23-13-10-20(11-14-23)24-15-12-22(16-25(24)33-28(31)18(3)4)26(29)21-8-6-19(5)7-9-21/h6-16H,1,3H2,2,4-5H3. The summed E-state index contributed by atoms with van der Waals surface area (Å²) in [6, 6.07) is 18.9. The molecule has 0 unspecified atom stereocenters. The minimum absolute atomic E-state index is 0.184. The number of esters is 2. The van der Waals surface area contributed by atoms with Gasteiger partial charge in [-0.15, -0.1) is 0 Å². The fourth-order valence-electron chi connectivity index (χ4n) is 2.94. The van der Waals surface area contributed by atoms with Crippen LogP contribution in [0.2, 0.25) is 0 Å². The van der Waals surface area contributed by atoms with Crippen molar-refractivity contribution in [3.05, 3.63) is 108 Å². The molecule has 0 saturated heterocycles. The molecule has 0 aliphatic carbocycles. The topological polar surface area (TPSA) is 69.7 Å². The maximum Gasteiger partial charge on any atom is 0.338 e. The first-order chi connectivity index (χ1) is 15.7. The summed E-state index contributed by atoms with van der Waals surface area (Å²) in [5, 5.41) is 0. The monoisotopic (exact) mass is 440 g/mol. The summed E-state index contributed by atoms with van der Waals surface area (Å²) in [6.07, 6.45) is 0. The van der Waals surface area contributed by atoms with Gasteiger partial charge in [0.15, 0.2) is 5.78 Å². The van der Waals surface area contributed by atoms with E-state index in [9.17, 15) is 14.4 Å². The zero-order chi connectivity index (χ0) is 24.1. The van der Waals surface area contributed by atoms with Gasteiger partial charge < -0.3 is 9.47 Å². The van der Waals surface area contributed by atoms with Gasteiger partial charge in [0, 0.05) is 27.8 Å². The third kappa shape index (κ3) is 5.71. The molecule has 3 aromatic rings. The van der Waals surface area contributed by atoms with Crippen LogP contribution in [-0.2, 0) is 9.59 Å². The van der Waals surface area contributed by atoms with E-state index < -0.39 is 11.9 Å². The highest BCUT2D eigenvalue weighted by Gasteiger charge is 2.17. The summed E-state index contributed by atoms with van der Waals surface area (Å²) in [6.45, 7) is 12.2. The van der Waals surface area contributed by atoms with Crippen molar-refractivity contribution in [1.29, 1.82) is 0 Å². The molecule has 3 rings (SSSR count). The molecule has 0 amide bonds. The Morgan fingerprint density at radius 3 is 1.82 bits per heavy atom. The second-order valence-corrected chi connectivity index (χ2v) is 7.77. The summed E-state index contributed by atoms with van der Waals surface area (Å²) < 4.78 is 10.8. The molecule has 0 atom stereocenters. The van der Waals surface area contributed by atoms with Crippen LogP contribution in [0.3, 0.4) is 0 Å². The Kier molecular flexibility index (Phi) is 7.04. The molecule has 0 saturated carbocycles. The Hall–Kier alpha value is -4.25. The minimum atomic E-state index is -0.594. The number of carbonyl (C=O) groups is 3. The SMILES string of the molecule is C=C(C)C(=O)Oc1ccc(-c2ccc(C(=O)c3ccc(C)cc3)cc2OC(=O)C(=C)C)cc1. The van der Waals surface area contributed by atoms with Crippen LogP contribution >= 0.6 is 0 Å². The van der Waals surface area contributed by atoms with Gasteiger partial charge in [-0.1, -0.05) is 61.2 Å². The van der Waals surface area contributed by atoms with E-state index in [-0.39, 0.29) is 17.1 Å². The molecule has 5 heteroatoms. The molecule has 0 radical (unpaired) electrons. The van der Waals surface area contributed by atoms with Crippen molar-refractivity contribution < 1.29 is 23.9 Å². The number of ketones is 1. The van der Waals surface area contributed by atoms with Gasteiger partial charge in [0.05, 0.1) is 0 Å². The van der Waals surface area contributed by atoms with E-state index in [1.54, 1.807) is 68.4 Å². The summed E-state index contributed by atoms with van der Waals surface area (Å²) >= 11 is 0. The highest BCUT2D eigenvalue weighted by atomic mass is 16.5. The van der Waals surface area contributed by atoms with E-state index in [0.29, 0.717) is 33.6 Å². The third-order valence-corrected chi connectivity index (χ3v) is 4.83. The Bertz CT molecular complexity index is 1250. The first-order valence-corrected chi connectivity index (χ1v) is 10.3. The van der Waals surface area contributed by atoms with Crippen LogP contribution in [0.15, 0.2) is 91.0 Å². The maximum absolute atomic E-state index is 13.0. The molecule has 0 bridgehead atoms. The quantitative estimate of drug-likeness (QED) is 0.199. The van der Waals surface area contributed by atoms with Crippen LogP contribution in [0, 0.1) is 6.92 Å². The molecule has 33 heavy (non-hydrogen) atoms. The predicted molar refractivity (Wildman–Crippen MR) is 127 cm³/mol. The lowest BCUT2D eigenvalue weighted by Crippen LogP contribution is -2.10. The van der Waals surface area contributed by atoms with Gasteiger partial charge in [-0.25, -0.2) is 9.59 Å². The number of carbonyl (C=O) groups excluding carboxylic acids is 3. The van der Waals surface area contributed by atoms with Gasteiger partial charge in [-0.2, -0.15) is 0 Å². The second kappa shape index (κ2) is 9.92. The summed E-state index contributed by atoms with van der Waals surface area (Å²) in [4.78, 5) is 36.9. The van der Waals surface area contributed by atoms with Crippen LogP contribution < -0.4 is 9.47 Å². The van der Waals surface area contributed by atoms with Gasteiger partial charge in [0.1, 0.15) is 11.5 Å². The average molecular weight is 440 g/mol. The summed E-state index contributed by atoms with van der Waals surface area (Å²) in [5.41, 5.74) is 3.82. The van der Waals surface area contributed by atoms with Crippen molar-refractivity contribution >= 4 is 17.7 Å². The van der Waals surface area contributed by atoms with E-state index in [1.165, 1.54) is 0 Å². The van der Waals surface area contributed by atoms with Gasteiger partial charge in [-0.3, -0.25) is 4.79 Å². The molecule has 0 fully saturated rings. The molecule has 0 aromatic heterocycles. The van der Waals surface area contributed by atoms with Crippen molar-refractivity contribution in [2.45, 2.75) is 20.8 Å². The largest absolute Gasteiger partial charge is 0.423 e. The summed E-state index contributed by atoms with van der Waals surface area (Å²) in [7, 11) is 0. The molecule has 5 nitrogen and oxygen atoms in total. The number of aryl methyl sites for hydroxylation is 1. The summed E-state index contributed by atoms with van der Waals surface area (Å²) in [5.74, 6) is -0.705. The molecule has 0 aliphatic heterocycles. The normalized spacial score (nSPS) is 10.3.